The van der Waals surface area contributed by atoms with Gasteiger partial charge in [0.2, 0.25) is 11.7 Å². The van der Waals surface area contributed by atoms with Crippen LogP contribution in [0.1, 0.15) is 24.3 Å². The summed E-state index contributed by atoms with van der Waals surface area (Å²) in [7, 11) is 1.64. The van der Waals surface area contributed by atoms with Crippen LogP contribution >= 0.6 is 0 Å². The number of ether oxygens (including phenoxy) is 2. The van der Waals surface area contributed by atoms with Crippen LogP contribution in [-0.2, 0) is 11.2 Å². The molecule has 0 aliphatic carbocycles. The molecule has 0 spiro atoms. The van der Waals surface area contributed by atoms with Gasteiger partial charge in [0.05, 0.1) is 7.11 Å². The highest BCUT2D eigenvalue weighted by molar-refractivity contribution is 5.77. The van der Waals surface area contributed by atoms with Crippen LogP contribution in [0.15, 0.2) is 53.1 Å². The summed E-state index contributed by atoms with van der Waals surface area (Å²) in [4.78, 5) is 18.9. The number of carbonyl (C=O) groups is 1. The average molecular weight is 421 g/mol. The van der Waals surface area contributed by atoms with Crippen LogP contribution in [0.25, 0.3) is 11.4 Å². The van der Waals surface area contributed by atoms with Gasteiger partial charge in [0.1, 0.15) is 11.5 Å². The molecule has 1 fully saturated rings. The smallest absolute Gasteiger partial charge is 0.260 e. The van der Waals surface area contributed by atoms with Gasteiger partial charge in [-0.3, -0.25) is 4.79 Å². The van der Waals surface area contributed by atoms with Gasteiger partial charge in [-0.1, -0.05) is 17.3 Å². The normalized spacial score (nSPS) is 14.5. The molecule has 1 amide bonds. The third-order valence-electron chi connectivity index (χ3n) is 5.60. The number of aryl methyl sites for hydroxylation is 1. The van der Waals surface area contributed by atoms with E-state index in [0.29, 0.717) is 17.6 Å². The molecule has 1 aromatic heterocycles. The molecule has 7 heteroatoms. The first kappa shape index (κ1) is 20.9. The molecule has 2 aromatic carbocycles. The zero-order chi connectivity index (χ0) is 21.6. The molecule has 1 aliphatic rings. The number of nitrogens with zero attached hydrogens (tertiary/aromatic N) is 3. The van der Waals surface area contributed by atoms with E-state index in [-0.39, 0.29) is 12.5 Å². The Morgan fingerprint density at radius 1 is 1.13 bits per heavy atom. The van der Waals surface area contributed by atoms with E-state index in [2.05, 4.69) is 10.1 Å². The van der Waals surface area contributed by atoms with Crippen LogP contribution in [0.2, 0.25) is 0 Å². The van der Waals surface area contributed by atoms with Crippen molar-refractivity contribution in [3.63, 3.8) is 0 Å². The zero-order valence-corrected chi connectivity index (χ0v) is 17.9. The first-order valence-electron chi connectivity index (χ1n) is 10.5. The first-order chi connectivity index (χ1) is 15.1. The van der Waals surface area contributed by atoms with Crippen LogP contribution < -0.4 is 9.47 Å². The van der Waals surface area contributed by atoms with Gasteiger partial charge < -0.3 is 18.9 Å². The lowest BCUT2D eigenvalue weighted by Crippen LogP contribution is -2.41. The Morgan fingerprint density at radius 2 is 1.90 bits per heavy atom. The second-order valence-electron chi connectivity index (χ2n) is 7.87. The third-order valence-corrected chi connectivity index (χ3v) is 5.60. The maximum Gasteiger partial charge on any atom is 0.260 e. The summed E-state index contributed by atoms with van der Waals surface area (Å²) in [5.41, 5.74) is 2.01. The van der Waals surface area contributed by atoms with Gasteiger partial charge in [-0.25, -0.2) is 0 Å². The molecule has 0 bridgehead atoms. The van der Waals surface area contributed by atoms with Crippen LogP contribution in [-0.4, -0.2) is 47.8 Å². The second kappa shape index (κ2) is 9.64. The Hall–Kier alpha value is -3.35. The van der Waals surface area contributed by atoms with Gasteiger partial charge in [0, 0.05) is 25.1 Å². The number of benzene rings is 2. The monoisotopic (exact) mass is 421 g/mol. The highest BCUT2D eigenvalue weighted by atomic mass is 16.5. The number of aromatic nitrogens is 2. The first-order valence-corrected chi connectivity index (χ1v) is 10.5. The Morgan fingerprint density at radius 3 is 2.61 bits per heavy atom. The van der Waals surface area contributed by atoms with Gasteiger partial charge >= 0.3 is 0 Å². The summed E-state index contributed by atoms with van der Waals surface area (Å²) in [6, 6.07) is 15.3. The molecule has 1 aliphatic heterocycles. The number of likely N-dealkylation sites (tertiary alicyclic amines) is 1. The Balaban J connectivity index is 1.24. The fourth-order valence-corrected chi connectivity index (χ4v) is 3.77. The molecule has 2 heterocycles. The predicted octanol–water partition coefficient (Wildman–Crippen LogP) is 3.91. The number of hydrogen-bond acceptors (Lipinski definition) is 6. The van der Waals surface area contributed by atoms with Crippen molar-refractivity contribution in [3.8, 4) is 22.9 Å². The van der Waals surface area contributed by atoms with Crippen molar-refractivity contribution in [2.45, 2.75) is 26.2 Å². The van der Waals surface area contributed by atoms with Crippen molar-refractivity contribution in [2.75, 3.05) is 26.8 Å². The summed E-state index contributed by atoms with van der Waals surface area (Å²) in [5, 5.41) is 4.10. The van der Waals surface area contributed by atoms with Crippen molar-refractivity contribution in [2.24, 2.45) is 5.92 Å². The van der Waals surface area contributed by atoms with E-state index in [1.54, 1.807) is 7.11 Å². The number of amides is 1. The third kappa shape index (κ3) is 5.42. The summed E-state index contributed by atoms with van der Waals surface area (Å²) >= 11 is 0. The van der Waals surface area contributed by atoms with Crippen LogP contribution in [0, 0.1) is 12.8 Å². The topological polar surface area (TPSA) is 77.7 Å². The molecule has 0 unspecified atom stereocenters. The van der Waals surface area contributed by atoms with E-state index in [9.17, 15) is 4.79 Å². The molecule has 4 rings (SSSR count). The number of piperidine rings is 1. The number of hydrogen-bond donors (Lipinski definition) is 0. The van der Waals surface area contributed by atoms with E-state index < -0.39 is 0 Å². The lowest BCUT2D eigenvalue weighted by molar-refractivity contribution is -0.134. The molecule has 31 heavy (non-hydrogen) atoms. The van der Waals surface area contributed by atoms with Crippen LogP contribution in [0.4, 0.5) is 0 Å². The molecular formula is C24H27N3O4. The standard InChI is InChI=1S/C24H27N3O4/c1-17-4-3-5-21(14-17)30-16-23(28)27-12-10-18(11-13-27)15-22-25-24(26-31-22)19-6-8-20(29-2)9-7-19/h3-9,14,18H,10-13,15-16H2,1-2H3. The lowest BCUT2D eigenvalue weighted by Gasteiger charge is -2.31. The minimum absolute atomic E-state index is 0.0274. The van der Waals surface area contributed by atoms with Gasteiger partial charge in [-0.15, -0.1) is 0 Å². The fraction of sp³-hybridized carbons (Fsp3) is 0.375. The minimum atomic E-state index is 0.0274. The maximum absolute atomic E-state index is 12.5. The molecule has 3 aromatic rings. The molecule has 0 saturated carbocycles. The van der Waals surface area contributed by atoms with E-state index in [1.165, 1.54) is 0 Å². The molecule has 1 saturated heterocycles. The minimum Gasteiger partial charge on any atom is -0.497 e. The highest BCUT2D eigenvalue weighted by Gasteiger charge is 2.25. The molecule has 0 N–H and O–H groups in total. The predicted molar refractivity (Wildman–Crippen MR) is 116 cm³/mol. The summed E-state index contributed by atoms with van der Waals surface area (Å²) < 4.78 is 16.3. The lowest BCUT2D eigenvalue weighted by atomic mass is 9.93. The SMILES string of the molecule is COc1ccc(-c2noc(CC3CCN(C(=O)COc4cccc(C)c4)CC3)n2)cc1. The van der Waals surface area contributed by atoms with Crippen molar-refractivity contribution in [1.82, 2.24) is 15.0 Å². The summed E-state index contributed by atoms with van der Waals surface area (Å²) in [6.07, 6.45) is 2.55. The number of rotatable bonds is 7. The molecule has 0 atom stereocenters. The quantitative estimate of drug-likeness (QED) is 0.576. The maximum atomic E-state index is 12.5. The molecular weight excluding hydrogens is 394 g/mol. The average Bonchev–Trinajstić information content (AvgIpc) is 3.26. The van der Waals surface area contributed by atoms with Gasteiger partial charge in [0.25, 0.3) is 5.91 Å². The van der Waals surface area contributed by atoms with Gasteiger partial charge in [-0.2, -0.15) is 4.98 Å². The van der Waals surface area contributed by atoms with Gasteiger partial charge in [-0.05, 0) is 67.6 Å². The Labute approximate surface area is 182 Å². The molecule has 7 nitrogen and oxygen atoms in total. The van der Waals surface area contributed by atoms with Crippen molar-refractivity contribution < 1.29 is 18.8 Å². The summed E-state index contributed by atoms with van der Waals surface area (Å²) in [6.45, 7) is 3.52. The highest BCUT2D eigenvalue weighted by Crippen LogP contribution is 2.24. The van der Waals surface area contributed by atoms with E-state index in [1.807, 2.05) is 60.4 Å². The Kier molecular flexibility index (Phi) is 6.50. The van der Waals surface area contributed by atoms with E-state index >= 15 is 0 Å². The molecule has 162 valence electrons. The Bertz CT molecular complexity index is 1010. The van der Waals surface area contributed by atoms with Crippen molar-refractivity contribution in [3.05, 3.63) is 60.0 Å². The van der Waals surface area contributed by atoms with E-state index in [0.717, 1.165) is 55.0 Å². The van der Waals surface area contributed by atoms with Gasteiger partial charge in [0.15, 0.2) is 6.61 Å². The summed E-state index contributed by atoms with van der Waals surface area (Å²) in [5.74, 6) is 3.19. The number of carbonyl (C=O) groups excluding carboxylic acids is 1. The fourth-order valence-electron chi connectivity index (χ4n) is 3.77. The van der Waals surface area contributed by atoms with Crippen molar-refractivity contribution in [1.29, 1.82) is 0 Å². The number of methoxy groups -OCH3 is 1. The molecule has 0 radical (unpaired) electrons. The van der Waals surface area contributed by atoms with Crippen molar-refractivity contribution >= 4 is 5.91 Å². The zero-order valence-electron chi connectivity index (χ0n) is 17.9. The van der Waals surface area contributed by atoms with Crippen LogP contribution in [0.5, 0.6) is 11.5 Å². The second-order valence-corrected chi connectivity index (χ2v) is 7.87. The van der Waals surface area contributed by atoms with E-state index in [4.69, 9.17) is 14.0 Å². The van der Waals surface area contributed by atoms with Crippen LogP contribution in [0.3, 0.4) is 0 Å². The largest absolute Gasteiger partial charge is 0.497 e.